The van der Waals surface area contributed by atoms with Crippen molar-refractivity contribution in [2.24, 2.45) is 0 Å². The van der Waals surface area contributed by atoms with E-state index in [1.165, 1.54) is 0 Å². The van der Waals surface area contributed by atoms with Crippen molar-refractivity contribution in [1.82, 2.24) is 0 Å². The van der Waals surface area contributed by atoms with Crippen LogP contribution in [0.2, 0.25) is 0 Å². The van der Waals surface area contributed by atoms with Crippen molar-refractivity contribution in [3.05, 3.63) is 258 Å². The van der Waals surface area contributed by atoms with Gasteiger partial charge in [-0.05, 0) is 114 Å². The summed E-state index contributed by atoms with van der Waals surface area (Å²) in [6.07, 6.45) is 0. The minimum Gasteiger partial charge on any atom is -0.454 e. The number of rotatable bonds is 5. The number of hydrogen-bond donors (Lipinski definition) is 0. The highest BCUT2D eigenvalue weighted by Gasteiger charge is 2.52. The number of hydrogen-bond acceptors (Lipinski definition) is 2. The van der Waals surface area contributed by atoms with Crippen molar-refractivity contribution in [3.63, 3.8) is 0 Å². The summed E-state index contributed by atoms with van der Waals surface area (Å²) in [4.78, 5) is 1.99. The summed E-state index contributed by atoms with van der Waals surface area (Å²) in [5.74, 6) is 0. The maximum atomic E-state index is 9.62. The summed E-state index contributed by atoms with van der Waals surface area (Å²) in [5.41, 5.74) is 4.09. The molecule has 2 heteroatoms. The van der Waals surface area contributed by atoms with Crippen molar-refractivity contribution in [2.45, 2.75) is 5.41 Å². The van der Waals surface area contributed by atoms with Gasteiger partial charge in [0.15, 0.2) is 5.58 Å². The molecule has 0 bridgehead atoms. The van der Waals surface area contributed by atoms with E-state index in [-0.39, 0.29) is 33.4 Å². The van der Waals surface area contributed by atoms with Gasteiger partial charge >= 0.3 is 0 Å². The molecule has 0 amide bonds. The lowest BCUT2D eigenvalue weighted by Gasteiger charge is -2.45. The first-order valence-electron chi connectivity index (χ1n) is 29.3. The van der Waals surface area contributed by atoms with Gasteiger partial charge in [0, 0.05) is 10.8 Å². The SMILES string of the molecule is [2H]c1c([2H])c([2H])c(-c2c([2H])c([2H])c([2H])c([2H])c2-c2ccc3c(c2)C2(c4ccccc4-c4ccccc42)c2cc(-c4c([2H])c([2H])c([2H])c([2H])c4-c4c([2H])c([2H])c([2H])c([2H])c4[2H])ccc2N3c2cccc3c2oc2ccccc23)c([2H])c1[2H]. The molecule has 0 fully saturated rings. The molecule has 1 aliphatic heterocycles. The highest BCUT2D eigenvalue weighted by atomic mass is 16.3. The first-order chi connectivity index (χ1) is 38.7. The number of benzene rings is 10. The Kier molecular flexibility index (Phi) is 4.87. The molecule has 0 saturated carbocycles. The third kappa shape index (κ3) is 5.19. The van der Waals surface area contributed by atoms with Crippen molar-refractivity contribution in [2.75, 3.05) is 4.90 Å². The summed E-state index contributed by atoms with van der Waals surface area (Å²) < 4.78 is 169. The Hall–Kier alpha value is -8.20. The third-order valence-corrected chi connectivity index (χ3v) is 12.3. The number of anilines is 3. The minimum atomic E-state index is -1.44. The molecule has 1 spiro atoms. The molecular formula is C61H39NO. The minimum absolute atomic E-state index is 0.147. The normalized spacial score (nSPS) is 17.2. The zero-order chi connectivity index (χ0) is 57.2. The first kappa shape index (κ1) is 22.1. The van der Waals surface area contributed by atoms with Gasteiger partial charge in [-0.2, -0.15) is 0 Å². The molecule has 294 valence electrons. The predicted octanol–water partition coefficient (Wildman–Crippen LogP) is 16.4. The summed E-state index contributed by atoms with van der Waals surface area (Å²) in [6.45, 7) is 0. The molecule has 2 nitrogen and oxygen atoms in total. The Bertz CT molecular complexity index is 4370. The van der Waals surface area contributed by atoms with Crippen LogP contribution in [-0.4, -0.2) is 0 Å². The van der Waals surface area contributed by atoms with Crippen LogP contribution < -0.4 is 4.90 Å². The van der Waals surface area contributed by atoms with Crippen LogP contribution in [0, 0.1) is 0 Å². The lowest BCUT2D eigenvalue weighted by molar-refractivity contribution is 0.668. The van der Waals surface area contributed by atoms with Crippen molar-refractivity contribution in [1.29, 1.82) is 0 Å². The maximum Gasteiger partial charge on any atom is 0.159 e. The fourth-order valence-corrected chi connectivity index (χ4v) is 9.81. The molecule has 0 unspecified atom stereocenters. The van der Waals surface area contributed by atoms with Gasteiger partial charge in [-0.15, -0.1) is 0 Å². The zero-order valence-corrected chi connectivity index (χ0v) is 33.0. The quantitative estimate of drug-likeness (QED) is 0.172. The smallest absolute Gasteiger partial charge is 0.159 e. The van der Waals surface area contributed by atoms with Gasteiger partial charge in [-0.3, -0.25) is 0 Å². The molecule has 2 heterocycles. The molecule has 0 saturated heterocycles. The molecule has 10 aromatic carbocycles. The van der Waals surface area contributed by atoms with Gasteiger partial charge in [0.25, 0.3) is 0 Å². The summed E-state index contributed by atoms with van der Waals surface area (Å²) >= 11 is 0. The second-order valence-corrected chi connectivity index (χ2v) is 15.4. The molecule has 0 N–H and O–H groups in total. The van der Waals surface area contributed by atoms with Crippen molar-refractivity contribution < 1.29 is 29.1 Å². The average Bonchev–Trinajstić information content (AvgIpc) is 4.09. The lowest BCUT2D eigenvalue weighted by Crippen LogP contribution is -2.36. The highest BCUT2D eigenvalue weighted by Crippen LogP contribution is 2.64. The molecule has 2 aliphatic rings. The molecule has 63 heavy (non-hydrogen) atoms. The van der Waals surface area contributed by atoms with Crippen molar-refractivity contribution >= 4 is 39.0 Å². The summed E-state index contributed by atoms with van der Waals surface area (Å²) in [6, 6.07) is 27.5. The molecule has 0 radical (unpaired) electrons. The third-order valence-electron chi connectivity index (χ3n) is 12.3. The van der Waals surface area contributed by atoms with Gasteiger partial charge in [-0.25, -0.2) is 0 Å². The van der Waals surface area contributed by atoms with E-state index >= 15 is 0 Å². The Labute approximate surface area is 391 Å². The monoisotopic (exact) mass is 819 g/mol. The average molecular weight is 820 g/mol. The van der Waals surface area contributed by atoms with E-state index < -0.39 is 125 Å². The van der Waals surface area contributed by atoms with E-state index in [4.69, 9.17) is 23.6 Å². The Morgan fingerprint density at radius 2 is 0.810 bits per heavy atom. The zero-order valence-electron chi connectivity index (χ0n) is 51.0. The number of fused-ring (bicyclic) bond motifs is 12. The van der Waals surface area contributed by atoms with E-state index in [1.54, 1.807) is 24.3 Å². The molecular weight excluding hydrogens is 763 g/mol. The summed E-state index contributed by atoms with van der Waals surface area (Å²) in [7, 11) is 0. The largest absolute Gasteiger partial charge is 0.454 e. The molecule has 13 rings (SSSR count). The maximum absolute atomic E-state index is 9.62. The number of nitrogens with zero attached hydrogens (tertiary/aromatic N) is 1. The second-order valence-electron chi connectivity index (χ2n) is 15.4. The molecule has 0 atom stereocenters. The van der Waals surface area contributed by atoms with E-state index in [1.807, 2.05) is 108 Å². The van der Waals surface area contributed by atoms with Gasteiger partial charge in [-0.1, -0.05) is 200 Å². The van der Waals surface area contributed by atoms with Crippen LogP contribution in [-0.2, 0) is 5.41 Å². The molecule has 11 aromatic rings. The van der Waals surface area contributed by atoms with Gasteiger partial charge < -0.3 is 9.32 Å². The number of para-hydroxylation sites is 2. The Balaban J connectivity index is 1.22. The summed E-state index contributed by atoms with van der Waals surface area (Å²) in [5, 5.41) is 1.62. The van der Waals surface area contributed by atoms with Crippen LogP contribution in [0.4, 0.5) is 17.1 Å². The van der Waals surface area contributed by atoms with E-state index in [0.29, 0.717) is 39.4 Å². The van der Waals surface area contributed by atoms with Crippen LogP contribution in [0.1, 0.15) is 46.9 Å². The van der Waals surface area contributed by atoms with Crippen LogP contribution in [0.25, 0.3) is 77.6 Å². The van der Waals surface area contributed by atoms with Crippen LogP contribution in [0.15, 0.2) is 241 Å². The fourth-order valence-electron chi connectivity index (χ4n) is 9.81. The molecule has 1 aliphatic carbocycles. The van der Waals surface area contributed by atoms with Gasteiger partial charge in [0.05, 0.1) is 47.2 Å². The van der Waals surface area contributed by atoms with E-state index in [0.717, 1.165) is 33.0 Å². The van der Waals surface area contributed by atoms with Crippen LogP contribution in [0.3, 0.4) is 0 Å². The van der Waals surface area contributed by atoms with Crippen LogP contribution in [0.5, 0.6) is 0 Å². The molecule has 1 aromatic heterocycles. The first-order valence-corrected chi connectivity index (χ1v) is 20.3. The predicted molar refractivity (Wildman–Crippen MR) is 261 cm³/mol. The Morgan fingerprint density at radius 3 is 1.37 bits per heavy atom. The number of furan rings is 1. The lowest BCUT2D eigenvalue weighted by atomic mass is 9.64. The second kappa shape index (κ2) is 13.9. The van der Waals surface area contributed by atoms with Gasteiger partial charge in [0.1, 0.15) is 5.58 Å². The topological polar surface area (TPSA) is 16.4 Å². The fraction of sp³-hybridized carbons (Fsp3) is 0.0164. The van der Waals surface area contributed by atoms with Crippen molar-refractivity contribution in [3.8, 4) is 55.6 Å². The standard InChI is InChI=1S/C61H39NO/c1-3-18-40(19-4-1)44-22-7-9-24-46(44)42-34-36-56-54(38-42)61(52-30-14-11-26-48(52)49-27-12-15-31-53(49)61)55-39-43(47-25-10-8-23-45(47)41-20-5-2-6-21-41)35-37-57(55)62(56)58-32-17-29-51-50-28-13-16-33-59(50)63-60(51)58/h1-39H/i1D,2D,3D,4D,5D,6D,7D,8D,9D,10D,18D,19D,20D,21D,22D,23D,24D,25D. The van der Waals surface area contributed by atoms with E-state index in [9.17, 15) is 5.48 Å². The highest BCUT2D eigenvalue weighted by molar-refractivity contribution is 6.11. The van der Waals surface area contributed by atoms with E-state index in [2.05, 4.69) is 0 Å². The van der Waals surface area contributed by atoms with Crippen LogP contribution >= 0.6 is 0 Å². The Morgan fingerprint density at radius 1 is 0.349 bits per heavy atom. The van der Waals surface area contributed by atoms with Gasteiger partial charge in [0.2, 0.25) is 0 Å².